The van der Waals surface area contributed by atoms with E-state index in [1.807, 2.05) is 58.9 Å². The van der Waals surface area contributed by atoms with Crippen LogP contribution >= 0.6 is 0 Å². The zero-order valence-electron chi connectivity index (χ0n) is 27.2. The number of benzene rings is 1. The molecule has 1 fully saturated rings. The molecule has 0 aromatic heterocycles. The number of hydrogen-bond acceptors (Lipinski definition) is 8. The minimum absolute atomic E-state index is 0.128. The van der Waals surface area contributed by atoms with Gasteiger partial charge in [0.1, 0.15) is 12.4 Å². The minimum atomic E-state index is -1.97. The molecule has 8 nitrogen and oxygen atoms in total. The van der Waals surface area contributed by atoms with Crippen molar-refractivity contribution in [2.24, 2.45) is 5.41 Å². The monoisotopic (exact) mass is 604 g/mol. The van der Waals surface area contributed by atoms with E-state index in [0.717, 1.165) is 29.4 Å². The van der Waals surface area contributed by atoms with Crippen LogP contribution in [0.3, 0.4) is 0 Å². The van der Waals surface area contributed by atoms with Gasteiger partial charge in [0.25, 0.3) is 0 Å². The number of ether oxygens (including phenoxy) is 5. The summed E-state index contributed by atoms with van der Waals surface area (Å²) in [7, 11) is -0.329. The Labute approximate surface area is 254 Å². The maximum absolute atomic E-state index is 12.9. The van der Waals surface area contributed by atoms with Crippen molar-refractivity contribution in [3.8, 4) is 17.6 Å². The van der Waals surface area contributed by atoms with Gasteiger partial charge in [-0.25, -0.2) is 0 Å². The Bertz CT molecular complexity index is 1040. The van der Waals surface area contributed by atoms with Crippen molar-refractivity contribution in [2.75, 3.05) is 20.3 Å². The Morgan fingerprint density at radius 2 is 1.67 bits per heavy atom. The summed E-state index contributed by atoms with van der Waals surface area (Å²) >= 11 is 0. The van der Waals surface area contributed by atoms with E-state index >= 15 is 0 Å². The van der Waals surface area contributed by atoms with Crippen LogP contribution in [0.15, 0.2) is 24.3 Å². The first-order valence-corrected chi connectivity index (χ1v) is 17.7. The van der Waals surface area contributed by atoms with E-state index in [-0.39, 0.29) is 43.1 Å². The molecule has 1 aromatic carbocycles. The van der Waals surface area contributed by atoms with Crippen LogP contribution < -0.4 is 4.74 Å². The Balaban J connectivity index is 1.96. The standard InChI is InChI=1S/C33H52O8Si/c1-10-42(11-2,12-3)41-28(24-38-31(35)32(4,5)6)15-13-14-26(34)20-29-21-30(40-33(7,8)39-29)23-37-22-25-16-18-27(36-9)19-17-25/h16-19,28-30H,10-12,15,20-24H2,1-9H3/t28-,29+,30+/m0/s1. The summed E-state index contributed by atoms with van der Waals surface area (Å²) in [6.45, 7) is 16.6. The minimum Gasteiger partial charge on any atom is -0.497 e. The van der Waals surface area contributed by atoms with Gasteiger partial charge in [0.2, 0.25) is 5.78 Å². The van der Waals surface area contributed by atoms with Gasteiger partial charge in [0, 0.05) is 19.3 Å². The van der Waals surface area contributed by atoms with Crippen molar-refractivity contribution in [3.05, 3.63) is 29.8 Å². The Morgan fingerprint density at radius 1 is 1.05 bits per heavy atom. The van der Waals surface area contributed by atoms with Crippen molar-refractivity contribution >= 4 is 20.1 Å². The number of Topliss-reactive ketones (excluding diaryl/α,β-unsaturated/α-hetero) is 1. The number of esters is 1. The van der Waals surface area contributed by atoms with E-state index in [2.05, 4.69) is 32.6 Å². The average Bonchev–Trinajstić information content (AvgIpc) is 2.93. The SMILES string of the molecule is CC[Si](CC)(CC)O[C@@H](CC#CC(=O)C[C@@H]1C[C@H](COCc2ccc(OC)cc2)OC(C)(C)O1)COC(=O)C(C)(C)C. The van der Waals surface area contributed by atoms with Crippen LogP contribution in [0.25, 0.3) is 0 Å². The summed E-state index contributed by atoms with van der Waals surface area (Å²) in [6, 6.07) is 10.6. The van der Waals surface area contributed by atoms with Gasteiger partial charge >= 0.3 is 5.97 Å². The number of carbonyl (C=O) groups excluding carboxylic acids is 2. The van der Waals surface area contributed by atoms with E-state index < -0.39 is 19.5 Å². The molecule has 1 aliphatic rings. The van der Waals surface area contributed by atoms with E-state index in [1.165, 1.54) is 0 Å². The molecule has 1 heterocycles. The highest BCUT2D eigenvalue weighted by Crippen LogP contribution is 2.29. The lowest BCUT2D eigenvalue weighted by atomic mass is 9.97. The van der Waals surface area contributed by atoms with Gasteiger partial charge in [0.05, 0.1) is 44.1 Å². The van der Waals surface area contributed by atoms with Crippen LogP contribution in [0.5, 0.6) is 5.75 Å². The first kappa shape index (κ1) is 36.0. The summed E-state index contributed by atoms with van der Waals surface area (Å²) < 4.78 is 35.4. The number of ketones is 1. The molecule has 236 valence electrons. The maximum Gasteiger partial charge on any atom is 0.311 e. The second kappa shape index (κ2) is 16.6. The lowest BCUT2D eigenvalue weighted by molar-refractivity contribution is -0.305. The van der Waals surface area contributed by atoms with Gasteiger partial charge in [-0.05, 0) is 76.4 Å². The third kappa shape index (κ3) is 12.2. The van der Waals surface area contributed by atoms with Gasteiger partial charge in [-0.2, -0.15) is 0 Å². The highest BCUT2D eigenvalue weighted by molar-refractivity contribution is 6.73. The first-order chi connectivity index (χ1) is 19.7. The molecule has 0 unspecified atom stereocenters. The van der Waals surface area contributed by atoms with Crippen molar-refractivity contribution < 1.29 is 37.7 Å². The smallest absolute Gasteiger partial charge is 0.311 e. The Morgan fingerprint density at radius 3 is 2.24 bits per heavy atom. The van der Waals surface area contributed by atoms with Crippen LogP contribution in [-0.4, -0.2) is 64.5 Å². The summed E-state index contributed by atoms with van der Waals surface area (Å²) in [6.07, 6.45) is 0.115. The van der Waals surface area contributed by atoms with Gasteiger partial charge in [-0.1, -0.05) is 38.8 Å². The zero-order valence-corrected chi connectivity index (χ0v) is 28.2. The van der Waals surface area contributed by atoms with Crippen LogP contribution in [-0.2, 0) is 39.6 Å². The molecule has 2 rings (SSSR count). The summed E-state index contributed by atoms with van der Waals surface area (Å²) in [4.78, 5) is 25.3. The largest absolute Gasteiger partial charge is 0.497 e. The third-order valence-electron chi connectivity index (χ3n) is 7.49. The van der Waals surface area contributed by atoms with Gasteiger partial charge in [-0.15, -0.1) is 0 Å². The molecule has 0 aliphatic carbocycles. The van der Waals surface area contributed by atoms with Gasteiger partial charge < -0.3 is 28.1 Å². The fourth-order valence-electron chi connectivity index (χ4n) is 4.87. The normalized spacial score (nSPS) is 19.4. The molecule has 1 aromatic rings. The second-order valence-corrected chi connectivity index (χ2v) is 17.2. The quantitative estimate of drug-likeness (QED) is 0.0976. The van der Waals surface area contributed by atoms with Crippen molar-refractivity contribution in [1.29, 1.82) is 0 Å². The molecular weight excluding hydrogens is 552 g/mol. The molecule has 0 spiro atoms. The van der Waals surface area contributed by atoms with E-state index in [9.17, 15) is 9.59 Å². The molecule has 0 saturated carbocycles. The number of carbonyl (C=O) groups is 2. The van der Waals surface area contributed by atoms with Crippen molar-refractivity contribution in [3.63, 3.8) is 0 Å². The summed E-state index contributed by atoms with van der Waals surface area (Å²) in [5.74, 6) is 5.27. The lowest BCUT2D eigenvalue weighted by Crippen LogP contribution is -2.46. The average molecular weight is 605 g/mol. The predicted octanol–water partition coefficient (Wildman–Crippen LogP) is 6.45. The highest BCUT2D eigenvalue weighted by atomic mass is 28.4. The van der Waals surface area contributed by atoms with E-state index in [0.29, 0.717) is 26.1 Å². The number of rotatable bonds is 15. The number of hydrogen-bond donors (Lipinski definition) is 0. The third-order valence-corrected chi connectivity index (χ3v) is 12.2. The maximum atomic E-state index is 12.9. The Kier molecular flexibility index (Phi) is 14.2. The topological polar surface area (TPSA) is 89.5 Å². The molecule has 3 atom stereocenters. The molecule has 0 amide bonds. The molecule has 42 heavy (non-hydrogen) atoms. The molecule has 1 aliphatic heterocycles. The summed E-state index contributed by atoms with van der Waals surface area (Å²) in [5.41, 5.74) is 0.438. The molecule has 0 N–H and O–H groups in total. The molecule has 0 bridgehead atoms. The van der Waals surface area contributed by atoms with Crippen molar-refractivity contribution in [2.45, 2.75) is 123 Å². The van der Waals surface area contributed by atoms with Crippen LogP contribution in [0.1, 0.15) is 80.2 Å². The van der Waals surface area contributed by atoms with Crippen LogP contribution in [0.4, 0.5) is 0 Å². The highest BCUT2D eigenvalue weighted by Gasteiger charge is 2.36. The van der Waals surface area contributed by atoms with E-state index in [4.69, 9.17) is 28.1 Å². The fourth-order valence-corrected chi connectivity index (χ4v) is 7.73. The zero-order chi connectivity index (χ0) is 31.4. The van der Waals surface area contributed by atoms with Gasteiger partial charge in [-0.3, -0.25) is 9.59 Å². The molecular formula is C33H52O8Si. The lowest BCUT2D eigenvalue weighted by Gasteiger charge is -2.40. The van der Waals surface area contributed by atoms with Gasteiger partial charge in [0.15, 0.2) is 14.1 Å². The molecule has 0 radical (unpaired) electrons. The van der Waals surface area contributed by atoms with Crippen molar-refractivity contribution in [1.82, 2.24) is 0 Å². The second-order valence-electron chi connectivity index (χ2n) is 12.4. The van der Waals surface area contributed by atoms with E-state index in [1.54, 1.807) is 7.11 Å². The molecule has 9 heteroatoms. The fraction of sp³-hybridized carbons (Fsp3) is 0.697. The Hall–Kier alpha value is -2.22. The molecule has 1 saturated heterocycles. The first-order valence-electron chi connectivity index (χ1n) is 15.2. The number of methoxy groups -OCH3 is 1. The van der Waals surface area contributed by atoms with Crippen LogP contribution in [0, 0.1) is 17.3 Å². The summed E-state index contributed by atoms with van der Waals surface area (Å²) in [5, 5.41) is 0. The van der Waals surface area contributed by atoms with Crippen LogP contribution in [0.2, 0.25) is 18.1 Å². The predicted molar refractivity (Wildman–Crippen MR) is 166 cm³/mol.